The quantitative estimate of drug-likeness (QED) is 0.611. The van der Waals surface area contributed by atoms with Crippen LogP contribution in [0.1, 0.15) is 27.2 Å². The van der Waals surface area contributed by atoms with Crippen LogP contribution in [0.25, 0.3) is 0 Å². The number of hydrogen-bond donors (Lipinski definition) is 1. The Morgan fingerprint density at radius 3 is 1.89 bits per heavy atom. The molecule has 0 aromatic carbocycles. The molecule has 0 aromatic rings. The standard InChI is InChI=1S/C7H15ClO/c1-5(2)4-7(8)6(3)9/h5-7,9H,4H2,1-3H3. The predicted octanol–water partition coefficient (Wildman–Crippen LogP) is 2.02. The maximum absolute atomic E-state index is 8.94. The van der Waals surface area contributed by atoms with Gasteiger partial charge in [0.25, 0.3) is 0 Å². The molecule has 1 nitrogen and oxygen atoms in total. The van der Waals surface area contributed by atoms with Crippen molar-refractivity contribution in [2.75, 3.05) is 0 Å². The molecule has 56 valence electrons. The highest BCUT2D eigenvalue weighted by molar-refractivity contribution is 6.20. The molecule has 0 saturated heterocycles. The van der Waals surface area contributed by atoms with E-state index in [1.54, 1.807) is 6.92 Å². The van der Waals surface area contributed by atoms with Crippen molar-refractivity contribution in [2.45, 2.75) is 38.7 Å². The number of aliphatic hydroxyl groups excluding tert-OH is 1. The fourth-order valence-corrected chi connectivity index (χ4v) is 1.00. The van der Waals surface area contributed by atoms with E-state index < -0.39 is 0 Å². The Morgan fingerprint density at radius 1 is 1.33 bits per heavy atom. The van der Waals surface area contributed by atoms with Crippen LogP contribution >= 0.6 is 11.6 Å². The molecule has 2 unspecified atom stereocenters. The topological polar surface area (TPSA) is 20.2 Å². The van der Waals surface area contributed by atoms with Crippen molar-refractivity contribution >= 4 is 11.6 Å². The highest BCUT2D eigenvalue weighted by Crippen LogP contribution is 2.13. The first kappa shape index (κ1) is 9.25. The van der Waals surface area contributed by atoms with E-state index in [9.17, 15) is 0 Å². The van der Waals surface area contributed by atoms with Crippen LogP contribution in [0.2, 0.25) is 0 Å². The second-order valence-corrected chi connectivity index (χ2v) is 3.45. The first-order chi connectivity index (χ1) is 4.04. The Labute approximate surface area is 62.0 Å². The summed E-state index contributed by atoms with van der Waals surface area (Å²) < 4.78 is 0. The fraction of sp³-hybridized carbons (Fsp3) is 1.00. The van der Waals surface area contributed by atoms with Crippen LogP contribution < -0.4 is 0 Å². The molecule has 0 saturated carbocycles. The zero-order valence-corrected chi connectivity index (χ0v) is 7.02. The summed E-state index contributed by atoms with van der Waals surface area (Å²) in [6, 6.07) is 0. The first-order valence-electron chi connectivity index (χ1n) is 3.36. The summed E-state index contributed by atoms with van der Waals surface area (Å²) in [4.78, 5) is 0. The average Bonchev–Trinajstić information content (AvgIpc) is 1.63. The molecule has 0 aliphatic carbocycles. The minimum absolute atomic E-state index is 0.0787. The van der Waals surface area contributed by atoms with Gasteiger partial charge < -0.3 is 5.11 Å². The van der Waals surface area contributed by atoms with Gasteiger partial charge in [0, 0.05) is 0 Å². The van der Waals surface area contributed by atoms with Gasteiger partial charge in [-0.3, -0.25) is 0 Å². The van der Waals surface area contributed by atoms with E-state index in [2.05, 4.69) is 13.8 Å². The fourth-order valence-electron chi connectivity index (χ4n) is 0.647. The lowest BCUT2D eigenvalue weighted by atomic mass is 10.1. The monoisotopic (exact) mass is 150 g/mol. The third kappa shape index (κ3) is 4.73. The smallest absolute Gasteiger partial charge is 0.0675 e. The van der Waals surface area contributed by atoms with Gasteiger partial charge in [-0.1, -0.05) is 13.8 Å². The summed E-state index contributed by atoms with van der Waals surface area (Å²) >= 11 is 5.76. The van der Waals surface area contributed by atoms with E-state index >= 15 is 0 Å². The molecule has 0 aliphatic heterocycles. The van der Waals surface area contributed by atoms with Gasteiger partial charge in [0.05, 0.1) is 11.5 Å². The molecule has 1 N–H and O–H groups in total. The van der Waals surface area contributed by atoms with Gasteiger partial charge in [-0.05, 0) is 19.3 Å². The highest BCUT2D eigenvalue weighted by Gasteiger charge is 2.11. The van der Waals surface area contributed by atoms with Crippen LogP contribution in [0.5, 0.6) is 0 Å². The molecule has 0 radical (unpaired) electrons. The second-order valence-electron chi connectivity index (χ2n) is 2.89. The molecule has 0 heterocycles. The molecule has 0 fully saturated rings. The Kier molecular flexibility index (Phi) is 4.24. The summed E-state index contributed by atoms with van der Waals surface area (Å²) in [7, 11) is 0. The third-order valence-corrected chi connectivity index (χ3v) is 1.76. The lowest BCUT2D eigenvalue weighted by Gasteiger charge is -2.13. The number of alkyl halides is 1. The lowest BCUT2D eigenvalue weighted by Crippen LogP contribution is -2.18. The van der Waals surface area contributed by atoms with Crippen LogP contribution in [0.15, 0.2) is 0 Å². The maximum atomic E-state index is 8.94. The largest absolute Gasteiger partial charge is 0.392 e. The van der Waals surface area contributed by atoms with Gasteiger partial charge in [0.2, 0.25) is 0 Å². The Morgan fingerprint density at radius 2 is 1.78 bits per heavy atom. The molecule has 0 aromatic heterocycles. The van der Waals surface area contributed by atoms with Crippen LogP contribution in [0.3, 0.4) is 0 Å². The number of rotatable bonds is 3. The Bertz CT molecular complexity index is 71.3. The molecule has 2 atom stereocenters. The zero-order valence-electron chi connectivity index (χ0n) is 6.26. The van der Waals surface area contributed by atoms with E-state index in [-0.39, 0.29) is 11.5 Å². The Hall–Kier alpha value is 0.250. The van der Waals surface area contributed by atoms with Crippen molar-refractivity contribution in [1.82, 2.24) is 0 Å². The van der Waals surface area contributed by atoms with Crippen molar-refractivity contribution in [3.8, 4) is 0 Å². The van der Waals surface area contributed by atoms with Crippen LogP contribution in [-0.2, 0) is 0 Å². The summed E-state index contributed by atoms with van der Waals surface area (Å²) in [6.45, 7) is 5.91. The summed E-state index contributed by atoms with van der Waals surface area (Å²) in [5.74, 6) is 0.571. The summed E-state index contributed by atoms with van der Waals surface area (Å²) in [5.41, 5.74) is 0. The summed E-state index contributed by atoms with van der Waals surface area (Å²) in [5, 5.41) is 8.86. The van der Waals surface area contributed by atoms with Crippen molar-refractivity contribution in [1.29, 1.82) is 0 Å². The molecule has 2 heteroatoms. The van der Waals surface area contributed by atoms with Gasteiger partial charge in [-0.25, -0.2) is 0 Å². The first-order valence-corrected chi connectivity index (χ1v) is 3.79. The molecule has 0 spiro atoms. The molecule has 9 heavy (non-hydrogen) atoms. The number of hydrogen-bond acceptors (Lipinski definition) is 1. The summed E-state index contributed by atoms with van der Waals surface area (Å²) in [6.07, 6.45) is 0.508. The van der Waals surface area contributed by atoms with Crippen molar-refractivity contribution in [2.24, 2.45) is 5.92 Å². The second kappa shape index (κ2) is 4.13. The minimum Gasteiger partial charge on any atom is -0.392 e. The van der Waals surface area contributed by atoms with Gasteiger partial charge in [0.15, 0.2) is 0 Å². The van der Waals surface area contributed by atoms with Gasteiger partial charge in [-0.2, -0.15) is 0 Å². The molecule has 0 rings (SSSR count). The Balaban J connectivity index is 3.38. The van der Waals surface area contributed by atoms with Crippen LogP contribution in [0, 0.1) is 5.92 Å². The number of halogens is 1. The SMILES string of the molecule is CC(C)CC(Cl)C(C)O. The van der Waals surface area contributed by atoms with E-state index in [0.29, 0.717) is 5.92 Å². The van der Waals surface area contributed by atoms with Crippen LogP contribution in [-0.4, -0.2) is 16.6 Å². The van der Waals surface area contributed by atoms with E-state index in [0.717, 1.165) is 6.42 Å². The van der Waals surface area contributed by atoms with Crippen molar-refractivity contribution in [3.63, 3.8) is 0 Å². The van der Waals surface area contributed by atoms with Gasteiger partial charge in [-0.15, -0.1) is 11.6 Å². The van der Waals surface area contributed by atoms with Crippen molar-refractivity contribution in [3.05, 3.63) is 0 Å². The zero-order chi connectivity index (χ0) is 7.44. The highest BCUT2D eigenvalue weighted by atomic mass is 35.5. The predicted molar refractivity (Wildman–Crippen MR) is 40.8 cm³/mol. The van der Waals surface area contributed by atoms with Crippen LogP contribution in [0.4, 0.5) is 0 Å². The molecular formula is C7H15ClO. The lowest BCUT2D eigenvalue weighted by molar-refractivity contribution is 0.180. The van der Waals surface area contributed by atoms with E-state index in [1.165, 1.54) is 0 Å². The van der Waals surface area contributed by atoms with Gasteiger partial charge >= 0.3 is 0 Å². The molecule has 0 amide bonds. The molecule has 0 aliphatic rings. The number of aliphatic hydroxyl groups is 1. The van der Waals surface area contributed by atoms with E-state index in [4.69, 9.17) is 16.7 Å². The molecule has 0 bridgehead atoms. The van der Waals surface area contributed by atoms with E-state index in [1.807, 2.05) is 0 Å². The molecular weight excluding hydrogens is 136 g/mol. The average molecular weight is 151 g/mol. The van der Waals surface area contributed by atoms with Crippen molar-refractivity contribution < 1.29 is 5.11 Å². The normalized spacial score (nSPS) is 18.0. The third-order valence-electron chi connectivity index (χ3n) is 1.22. The van der Waals surface area contributed by atoms with Gasteiger partial charge in [0.1, 0.15) is 0 Å². The maximum Gasteiger partial charge on any atom is 0.0675 e. The minimum atomic E-state index is -0.380.